The lowest BCUT2D eigenvalue weighted by atomic mass is 10.1. The Morgan fingerprint density at radius 2 is 1.46 bits per heavy atom. The molecule has 0 saturated heterocycles. The largest absolute Gasteiger partial charge is 0.322 e. The number of aromatic nitrogens is 1. The number of aryl methyl sites for hydroxylation is 4. The Morgan fingerprint density at radius 1 is 0.750 bits per heavy atom. The standard InChI is InChI=1S/C23H23N3O2/c1-14-5-6-20(17(4)10-14)26-22(27)18-7-8-24-21(13-18)23(28)25-19-11-15(2)9-16(3)12-19/h5-13H,1-4H3,(H,25,28)(H,26,27). The predicted molar refractivity (Wildman–Crippen MR) is 112 cm³/mol. The van der Waals surface area contributed by atoms with Crippen molar-refractivity contribution < 1.29 is 9.59 Å². The number of benzene rings is 2. The van der Waals surface area contributed by atoms with E-state index in [1.807, 2.05) is 64.1 Å². The lowest BCUT2D eigenvalue weighted by Crippen LogP contribution is -2.17. The summed E-state index contributed by atoms with van der Waals surface area (Å²) in [6, 6.07) is 14.7. The molecule has 142 valence electrons. The summed E-state index contributed by atoms with van der Waals surface area (Å²) in [4.78, 5) is 29.3. The van der Waals surface area contributed by atoms with Crippen LogP contribution in [0.4, 0.5) is 11.4 Å². The van der Waals surface area contributed by atoms with E-state index in [0.29, 0.717) is 11.3 Å². The molecule has 0 aliphatic rings. The molecule has 0 fully saturated rings. The number of hydrogen-bond donors (Lipinski definition) is 2. The molecule has 0 aliphatic carbocycles. The third kappa shape index (κ3) is 4.62. The fourth-order valence-electron chi connectivity index (χ4n) is 3.09. The zero-order valence-corrected chi connectivity index (χ0v) is 16.5. The average molecular weight is 373 g/mol. The number of anilines is 2. The van der Waals surface area contributed by atoms with Crippen LogP contribution in [0.15, 0.2) is 54.7 Å². The maximum absolute atomic E-state index is 12.6. The van der Waals surface area contributed by atoms with Gasteiger partial charge in [0.2, 0.25) is 0 Å². The van der Waals surface area contributed by atoms with Crippen molar-refractivity contribution in [2.24, 2.45) is 0 Å². The summed E-state index contributed by atoms with van der Waals surface area (Å²) in [7, 11) is 0. The van der Waals surface area contributed by atoms with Gasteiger partial charge in [-0.2, -0.15) is 0 Å². The molecule has 0 spiro atoms. The molecule has 1 aromatic heterocycles. The van der Waals surface area contributed by atoms with Crippen LogP contribution in [0.1, 0.15) is 43.1 Å². The summed E-state index contributed by atoms with van der Waals surface area (Å²) in [5.74, 6) is -0.638. The van der Waals surface area contributed by atoms with Gasteiger partial charge >= 0.3 is 0 Å². The topological polar surface area (TPSA) is 71.1 Å². The molecule has 3 rings (SSSR count). The van der Waals surface area contributed by atoms with Crippen molar-refractivity contribution in [2.75, 3.05) is 10.6 Å². The second kappa shape index (κ2) is 8.05. The molecule has 0 aliphatic heterocycles. The first-order chi connectivity index (χ1) is 13.3. The van der Waals surface area contributed by atoms with Crippen molar-refractivity contribution in [3.8, 4) is 0 Å². The lowest BCUT2D eigenvalue weighted by Gasteiger charge is -2.10. The van der Waals surface area contributed by atoms with E-state index >= 15 is 0 Å². The second-order valence-corrected chi connectivity index (χ2v) is 7.03. The molecule has 2 aromatic carbocycles. The Balaban J connectivity index is 1.77. The first-order valence-electron chi connectivity index (χ1n) is 9.06. The number of nitrogens with zero attached hydrogens (tertiary/aromatic N) is 1. The number of amides is 2. The fourth-order valence-corrected chi connectivity index (χ4v) is 3.09. The number of hydrogen-bond acceptors (Lipinski definition) is 3. The minimum atomic E-state index is -0.355. The molecule has 5 heteroatoms. The highest BCUT2D eigenvalue weighted by atomic mass is 16.2. The van der Waals surface area contributed by atoms with Gasteiger partial charge in [0.05, 0.1) is 0 Å². The Morgan fingerprint density at radius 3 is 2.14 bits per heavy atom. The lowest BCUT2D eigenvalue weighted by molar-refractivity contribution is 0.102. The summed E-state index contributed by atoms with van der Waals surface area (Å²) in [5.41, 5.74) is 6.24. The predicted octanol–water partition coefficient (Wildman–Crippen LogP) is 4.82. The van der Waals surface area contributed by atoms with Crippen molar-refractivity contribution in [2.45, 2.75) is 27.7 Å². The minimum Gasteiger partial charge on any atom is -0.322 e. The van der Waals surface area contributed by atoms with E-state index in [9.17, 15) is 9.59 Å². The molecule has 28 heavy (non-hydrogen) atoms. The number of carbonyl (C=O) groups is 2. The van der Waals surface area contributed by atoms with Gasteiger partial charge in [-0.25, -0.2) is 0 Å². The highest BCUT2D eigenvalue weighted by Crippen LogP contribution is 2.18. The van der Waals surface area contributed by atoms with Crippen LogP contribution in [0.5, 0.6) is 0 Å². The van der Waals surface area contributed by atoms with E-state index in [-0.39, 0.29) is 17.5 Å². The molecule has 0 atom stereocenters. The number of carbonyl (C=O) groups excluding carboxylic acids is 2. The highest BCUT2D eigenvalue weighted by Gasteiger charge is 2.13. The summed E-state index contributed by atoms with van der Waals surface area (Å²) < 4.78 is 0. The van der Waals surface area contributed by atoms with Crippen LogP contribution in [0, 0.1) is 27.7 Å². The molecule has 0 bridgehead atoms. The molecule has 1 heterocycles. The van der Waals surface area contributed by atoms with Crippen molar-refractivity contribution in [1.82, 2.24) is 4.98 Å². The van der Waals surface area contributed by atoms with Gasteiger partial charge < -0.3 is 10.6 Å². The Bertz CT molecular complexity index is 1040. The summed E-state index contributed by atoms with van der Waals surface area (Å²) >= 11 is 0. The van der Waals surface area contributed by atoms with Crippen molar-refractivity contribution >= 4 is 23.2 Å². The van der Waals surface area contributed by atoms with Gasteiger partial charge in [-0.1, -0.05) is 23.8 Å². The van der Waals surface area contributed by atoms with Crippen LogP contribution in [-0.2, 0) is 0 Å². The van der Waals surface area contributed by atoms with Gasteiger partial charge in [0.15, 0.2) is 0 Å². The smallest absolute Gasteiger partial charge is 0.274 e. The zero-order chi connectivity index (χ0) is 20.3. The van der Waals surface area contributed by atoms with Gasteiger partial charge in [0.25, 0.3) is 11.8 Å². The second-order valence-electron chi connectivity index (χ2n) is 7.03. The average Bonchev–Trinajstić information content (AvgIpc) is 2.63. The Labute approximate surface area is 164 Å². The molecule has 0 unspecified atom stereocenters. The molecule has 0 radical (unpaired) electrons. The number of nitrogens with one attached hydrogen (secondary N) is 2. The Hall–Kier alpha value is -3.47. The number of pyridine rings is 1. The molecule has 0 saturated carbocycles. The summed E-state index contributed by atoms with van der Waals surface area (Å²) in [5, 5.41) is 5.72. The molecule has 3 aromatic rings. The van der Waals surface area contributed by atoms with Gasteiger partial charge in [0, 0.05) is 23.1 Å². The fraction of sp³-hybridized carbons (Fsp3) is 0.174. The van der Waals surface area contributed by atoms with E-state index in [1.165, 1.54) is 12.3 Å². The third-order valence-electron chi connectivity index (χ3n) is 4.36. The van der Waals surface area contributed by atoms with E-state index in [0.717, 1.165) is 27.9 Å². The monoisotopic (exact) mass is 373 g/mol. The van der Waals surface area contributed by atoms with E-state index < -0.39 is 0 Å². The normalized spacial score (nSPS) is 10.4. The van der Waals surface area contributed by atoms with Crippen LogP contribution >= 0.6 is 0 Å². The Kier molecular flexibility index (Phi) is 5.54. The molecular weight excluding hydrogens is 350 g/mol. The maximum atomic E-state index is 12.6. The first kappa shape index (κ1) is 19.3. The molecule has 2 amide bonds. The molecular formula is C23H23N3O2. The van der Waals surface area contributed by atoms with Crippen LogP contribution in [-0.4, -0.2) is 16.8 Å². The SMILES string of the molecule is Cc1cc(C)cc(NC(=O)c2cc(C(=O)Nc3ccc(C)cc3C)ccn2)c1. The van der Waals surface area contributed by atoms with E-state index in [4.69, 9.17) is 0 Å². The quantitative estimate of drug-likeness (QED) is 0.689. The first-order valence-corrected chi connectivity index (χ1v) is 9.06. The van der Waals surface area contributed by atoms with Gasteiger partial charge in [-0.15, -0.1) is 0 Å². The van der Waals surface area contributed by atoms with E-state index in [1.54, 1.807) is 6.07 Å². The third-order valence-corrected chi connectivity index (χ3v) is 4.36. The maximum Gasteiger partial charge on any atom is 0.274 e. The van der Waals surface area contributed by atoms with Crippen molar-refractivity contribution in [3.05, 3.63) is 88.2 Å². The van der Waals surface area contributed by atoms with Crippen LogP contribution in [0.2, 0.25) is 0 Å². The summed E-state index contributed by atoms with van der Waals surface area (Å²) in [6.45, 7) is 7.89. The van der Waals surface area contributed by atoms with Gasteiger partial charge in [-0.05, 0) is 74.7 Å². The van der Waals surface area contributed by atoms with Crippen LogP contribution in [0.3, 0.4) is 0 Å². The van der Waals surface area contributed by atoms with Crippen molar-refractivity contribution in [1.29, 1.82) is 0 Å². The van der Waals surface area contributed by atoms with Gasteiger partial charge in [-0.3, -0.25) is 14.6 Å². The summed E-state index contributed by atoms with van der Waals surface area (Å²) in [6.07, 6.45) is 1.47. The highest BCUT2D eigenvalue weighted by molar-refractivity contribution is 6.08. The van der Waals surface area contributed by atoms with Crippen LogP contribution < -0.4 is 10.6 Å². The number of rotatable bonds is 4. The van der Waals surface area contributed by atoms with Crippen LogP contribution in [0.25, 0.3) is 0 Å². The molecule has 2 N–H and O–H groups in total. The minimum absolute atomic E-state index is 0.187. The van der Waals surface area contributed by atoms with Crippen molar-refractivity contribution in [3.63, 3.8) is 0 Å². The van der Waals surface area contributed by atoms with E-state index in [2.05, 4.69) is 15.6 Å². The molecule has 5 nitrogen and oxygen atoms in total. The van der Waals surface area contributed by atoms with Gasteiger partial charge in [0.1, 0.15) is 5.69 Å². The zero-order valence-electron chi connectivity index (χ0n) is 16.5.